The molecule has 0 radical (unpaired) electrons. The van der Waals surface area contributed by atoms with Crippen molar-refractivity contribution in [3.8, 4) is 28.5 Å². The fourth-order valence-corrected chi connectivity index (χ4v) is 3.02. The van der Waals surface area contributed by atoms with E-state index in [2.05, 4.69) is 10.3 Å². The SMILES string of the molecule is CC(Oc1ccc2c(c1)OCO2)C(=O)NCCn1cnc(-c2ccc(F)cc2)cc1=O. The first-order valence-corrected chi connectivity index (χ1v) is 9.66. The number of carbonyl (C=O) groups excluding carboxylic acids is 1. The van der Waals surface area contributed by atoms with Gasteiger partial charge in [0, 0.05) is 30.8 Å². The molecule has 2 heterocycles. The summed E-state index contributed by atoms with van der Waals surface area (Å²) in [4.78, 5) is 28.8. The average molecular weight is 425 g/mol. The Bertz CT molecular complexity index is 1150. The third kappa shape index (κ3) is 4.82. The molecule has 160 valence electrons. The molecular weight excluding hydrogens is 405 g/mol. The second-order valence-corrected chi connectivity index (χ2v) is 6.88. The highest BCUT2D eigenvalue weighted by Crippen LogP contribution is 2.35. The average Bonchev–Trinajstić information content (AvgIpc) is 3.23. The number of carbonyl (C=O) groups is 1. The number of benzene rings is 2. The van der Waals surface area contributed by atoms with E-state index in [1.165, 1.54) is 29.1 Å². The molecule has 1 aliphatic heterocycles. The third-order valence-corrected chi connectivity index (χ3v) is 4.70. The molecule has 2 aromatic carbocycles. The van der Waals surface area contributed by atoms with E-state index in [1.54, 1.807) is 37.3 Å². The van der Waals surface area contributed by atoms with E-state index < -0.39 is 6.10 Å². The fraction of sp³-hybridized carbons (Fsp3) is 0.227. The van der Waals surface area contributed by atoms with Crippen molar-refractivity contribution in [2.75, 3.05) is 13.3 Å². The van der Waals surface area contributed by atoms with Crippen molar-refractivity contribution in [2.24, 2.45) is 0 Å². The molecule has 1 aliphatic rings. The van der Waals surface area contributed by atoms with Gasteiger partial charge in [-0.3, -0.25) is 14.2 Å². The van der Waals surface area contributed by atoms with Gasteiger partial charge in [0.15, 0.2) is 17.6 Å². The Morgan fingerprint density at radius 3 is 2.74 bits per heavy atom. The molecule has 1 N–H and O–H groups in total. The maximum Gasteiger partial charge on any atom is 0.260 e. The van der Waals surface area contributed by atoms with Crippen molar-refractivity contribution >= 4 is 5.91 Å². The minimum atomic E-state index is -0.740. The van der Waals surface area contributed by atoms with Gasteiger partial charge in [-0.05, 0) is 43.3 Å². The van der Waals surface area contributed by atoms with Crippen LogP contribution in [0.1, 0.15) is 6.92 Å². The highest BCUT2D eigenvalue weighted by Gasteiger charge is 2.18. The summed E-state index contributed by atoms with van der Waals surface area (Å²) in [5.74, 6) is 1.02. The van der Waals surface area contributed by atoms with Gasteiger partial charge in [0.2, 0.25) is 6.79 Å². The Labute approximate surface area is 177 Å². The van der Waals surface area contributed by atoms with Crippen LogP contribution in [0.3, 0.4) is 0 Å². The quantitative estimate of drug-likeness (QED) is 0.625. The van der Waals surface area contributed by atoms with Gasteiger partial charge in [0.1, 0.15) is 11.6 Å². The minimum absolute atomic E-state index is 0.161. The third-order valence-electron chi connectivity index (χ3n) is 4.70. The van der Waals surface area contributed by atoms with Crippen LogP contribution in [0.2, 0.25) is 0 Å². The van der Waals surface area contributed by atoms with Gasteiger partial charge in [0.05, 0.1) is 12.0 Å². The highest BCUT2D eigenvalue weighted by atomic mass is 19.1. The lowest BCUT2D eigenvalue weighted by molar-refractivity contribution is -0.127. The number of amides is 1. The van der Waals surface area contributed by atoms with Gasteiger partial charge < -0.3 is 19.5 Å². The van der Waals surface area contributed by atoms with E-state index in [9.17, 15) is 14.0 Å². The first-order valence-electron chi connectivity index (χ1n) is 9.66. The van der Waals surface area contributed by atoms with E-state index in [0.717, 1.165) is 0 Å². The number of hydrogen-bond acceptors (Lipinski definition) is 6. The molecule has 4 rings (SSSR count). The molecule has 0 spiro atoms. The zero-order chi connectivity index (χ0) is 21.8. The summed E-state index contributed by atoms with van der Waals surface area (Å²) in [6.07, 6.45) is 0.663. The lowest BCUT2D eigenvalue weighted by Crippen LogP contribution is -2.38. The number of ether oxygens (including phenoxy) is 3. The zero-order valence-electron chi connectivity index (χ0n) is 16.7. The van der Waals surface area contributed by atoms with E-state index >= 15 is 0 Å². The molecule has 0 aliphatic carbocycles. The second-order valence-electron chi connectivity index (χ2n) is 6.88. The van der Waals surface area contributed by atoms with Crippen molar-refractivity contribution in [2.45, 2.75) is 19.6 Å². The molecule has 0 saturated carbocycles. The standard InChI is InChI=1S/C22H20FN3O5/c1-14(31-17-6-7-19-20(10-17)30-13-29-19)22(28)24-8-9-26-12-25-18(11-21(26)27)15-2-4-16(23)5-3-15/h2-7,10-12,14H,8-9,13H2,1H3,(H,24,28). The van der Waals surface area contributed by atoms with Crippen molar-refractivity contribution < 1.29 is 23.4 Å². The highest BCUT2D eigenvalue weighted by molar-refractivity contribution is 5.80. The van der Waals surface area contributed by atoms with Gasteiger partial charge in [-0.1, -0.05) is 0 Å². The number of halogens is 1. The van der Waals surface area contributed by atoms with Crippen LogP contribution < -0.4 is 25.1 Å². The maximum atomic E-state index is 13.0. The molecule has 0 bridgehead atoms. The summed E-state index contributed by atoms with van der Waals surface area (Å²) in [6.45, 7) is 2.27. The molecule has 1 amide bonds. The molecule has 1 atom stereocenters. The first kappa shape index (κ1) is 20.4. The molecule has 1 aromatic heterocycles. The Kier molecular flexibility index (Phi) is 5.83. The lowest BCUT2D eigenvalue weighted by atomic mass is 10.1. The van der Waals surface area contributed by atoms with Gasteiger partial charge >= 0.3 is 0 Å². The number of aromatic nitrogens is 2. The number of nitrogens with one attached hydrogen (secondary N) is 1. The first-order chi connectivity index (χ1) is 15.0. The number of fused-ring (bicyclic) bond motifs is 1. The van der Waals surface area contributed by atoms with Crippen LogP contribution in [0.15, 0.2) is 59.7 Å². The number of hydrogen-bond donors (Lipinski definition) is 1. The molecule has 0 saturated heterocycles. The Morgan fingerprint density at radius 2 is 1.97 bits per heavy atom. The normalized spacial score (nSPS) is 13.0. The van der Waals surface area contributed by atoms with Crippen LogP contribution in [0.25, 0.3) is 11.3 Å². The van der Waals surface area contributed by atoms with Crippen LogP contribution in [-0.4, -0.2) is 34.9 Å². The van der Waals surface area contributed by atoms with Crippen molar-refractivity contribution in [1.29, 1.82) is 0 Å². The van der Waals surface area contributed by atoms with Crippen LogP contribution in [0.5, 0.6) is 17.2 Å². The predicted octanol–water partition coefficient (Wildman–Crippen LogP) is 2.36. The van der Waals surface area contributed by atoms with Gasteiger partial charge in [-0.2, -0.15) is 0 Å². The summed E-state index contributed by atoms with van der Waals surface area (Å²) in [6, 6.07) is 12.2. The summed E-state index contributed by atoms with van der Waals surface area (Å²) < 4.78 is 30.6. The maximum absolute atomic E-state index is 13.0. The van der Waals surface area contributed by atoms with Crippen molar-refractivity contribution in [1.82, 2.24) is 14.9 Å². The summed E-state index contributed by atoms with van der Waals surface area (Å²) in [5, 5.41) is 2.73. The lowest BCUT2D eigenvalue weighted by Gasteiger charge is -2.15. The molecule has 0 fully saturated rings. The summed E-state index contributed by atoms with van der Waals surface area (Å²) in [7, 11) is 0. The second kappa shape index (κ2) is 8.86. The van der Waals surface area contributed by atoms with Crippen molar-refractivity contribution in [3.05, 3.63) is 71.0 Å². The number of rotatable bonds is 7. The molecule has 1 unspecified atom stereocenters. The predicted molar refractivity (Wildman–Crippen MR) is 110 cm³/mol. The molecular formula is C22H20FN3O5. The van der Waals surface area contributed by atoms with Crippen molar-refractivity contribution in [3.63, 3.8) is 0 Å². The smallest absolute Gasteiger partial charge is 0.260 e. The van der Waals surface area contributed by atoms with E-state index in [-0.39, 0.29) is 37.2 Å². The Balaban J connectivity index is 1.29. The fourth-order valence-electron chi connectivity index (χ4n) is 3.02. The minimum Gasteiger partial charge on any atom is -0.481 e. The van der Waals surface area contributed by atoms with E-state index in [4.69, 9.17) is 14.2 Å². The summed E-state index contributed by atoms with van der Waals surface area (Å²) >= 11 is 0. The molecule has 8 nitrogen and oxygen atoms in total. The largest absolute Gasteiger partial charge is 0.481 e. The van der Waals surface area contributed by atoms with Gasteiger partial charge in [-0.25, -0.2) is 9.37 Å². The topological polar surface area (TPSA) is 91.7 Å². The van der Waals surface area contributed by atoms with Crippen LogP contribution in [0.4, 0.5) is 4.39 Å². The van der Waals surface area contributed by atoms with Crippen LogP contribution >= 0.6 is 0 Å². The van der Waals surface area contributed by atoms with Crippen LogP contribution in [0, 0.1) is 5.82 Å². The van der Waals surface area contributed by atoms with Crippen LogP contribution in [-0.2, 0) is 11.3 Å². The monoisotopic (exact) mass is 425 g/mol. The van der Waals surface area contributed by atoms with E-state index in [1.807, 2.05) is 0 Å². The Hall–Kier alpha value is -3.88. The van der Waals surface area contributed by atoms with Gasteiger partial charge in [-0.15, -0.1) is 0 Å². The zero-order valence-corrected chi connectivity index (χ0v) is 16.7. The van der Waals surface area contributed by atoms with E-state index in [0.29, 0.717) is 28.5 Å². The number of nitrogens with zero attached hydrogens (tertiary/aromatic N) is 2. The molecule has 9 heteroatoms. The molecule has 3 aromatic rings. The molecule has 31 heavy (non-hydrogen) atoms. The van der Waals surface area contributed by atoms with Gasteiger partial charge in [0.25, 0.3) is 11.5 Å². The summed E-state index contributed by atoms with van der Waals surface area (Å²) in [5.41, 5.74) is 0.831. The Morgan fingerprint density at radius 1 is 1.19 bits per heavy atom.